The number of carbonyl (C=O) groups is 1. The average molecular weight is 294 g/mol. The first kappa shape index (κ1) is 15.4. The van der Waals surface area contributed by atoms with Gasteiger partial charge in [-0.05, 0) is 39.2 Å². The molecule has 0 aliphatic carbocycles. The van der Waals surface area contributed by atoms with Gasteiger partial charge in [-0.25, -0.2) is 4.98 Å². The predicted octanol–water partition coefficient (Wildman–Crippen LogP) is 1.93. The second-order valence-electron chi connectivity index (χ2n) is 5.74. The summed E-state index contributed by atoms with van der Waals surface area (Å²) in [7, 11) is -0.478. The van der Waals surface area contributed by atoms with Crippen LogP contribution in [0.15, 0.2) is 10.9 Å². The lowest BCUT2D eigenvalue weighted by Gasteiger charge is -2.32. The molecule has 108 valence electrons. The zero-order chi connectivity index (χ0) is 15.0. The summed E-state index contributed by atoms with van der Waals surface area (Å²) in [6, 6.07) is 0. The highest BCUT2D eigenvalue weighted by atomic mass is 32.1. The highest BCUT2D eigenvalue weighted by Gasteiger charge is 2.52. The Morgan fingerprint density at radius 2 is 2.00 bits per heavy atom. The van der Waals surface area contributed by atoms with Crippen molar-refractivity contribution in [2.45, 2.75) is 38.9 Å². The van der Waals surface area contributed by atoms with E-state index in [9.17, 15) is 4.79 Å². The Kier molecular flexibility index (Phi) is 4.15. The van der Waals surface area contributed by atoms with E-state index in [1.165, 1.54) is 11.3 Å². The highest BCUT2D eigenvalue weighted by Crippen LogP contribution is 2.38. The molecule has 7 heteroatoms. The summed E-state index contributed by atoms with van der Waals surface area (Å²) in [5, 5.41) is 2.43. The van der Waals surface area contributed by atoms with Crippen molar-refractivity contribution in [3.8, 4) is 0 Å². The van der Waals surface area contributed by atoms with Gasteiger partial charge in [0.05, 0.1) is 11.2 Å². The van der Waals surface area contributed by atoms with Gasteiger partial charge in [0, 0.05) is 11.9 Å². The van der Waals surface area contributed by atoms with E-state index in [2.05, 4.69) is 4.98 Å². The maximum Gasteiger partial charge on any atom is 0.491 e. The molecule has 2 N–H and O–H groups in total. The molecule has 0 aromatic carbocycles. The van der Waals surface area contributed by atoms with Crippen LogP contribution in [0.5, 0.6) is 0 Å². The molecule has 0 bridgehead atoms. The molecule has 1 aliphatic heterocycles. The van der Waals surface area contributed by atoms with Crippen LogP contribution in [-0.4, -0.2) is 36.1 Å². The van der Waals surface area contributed by atoms with Crippen molar-refractivity contribution in [1.82, 2.24) is 4.98 Å². The molecule has 0 atom stereocenters. The minimum Gasteiger partial charge on any atom is -0.400 e. The number of aromatic nitrogens is 1. The Balaban J connectivity index is 2.23. The van der Waals surface area contributed by atoms with E-state index in [4.69, 9.17) is 15.0 Å². The van der Waals surface area contributed by atoms with Crippen molar-refractivity contribution < 1.29 is 14.1 Å². The SMILES string of the molecule is CC1(C)OB(C(=Cc2nc(C=O)cs2)CN)OC1(C)C. The first-order valence-electron chi connectivity index (χ1n) is 6.46. The van der Waals surface area contributed by atoms with Crippen molar-refractivity contribution in [3.63, 3.8) is 0 Å². The van der Waals surface area contributed by atoms with E-state index in [1.807, 2.05) is 33.8 Å². The number of hydrogen-bond acceptors (Lipinski definition) is 6. The molecule has 2 rings (SSSR count). The van der Waals surface area contributed by atoms with E-state index in [1.54, 1.807) is 5.38 Å². The van der Waals surface area contributed by atoms with E-state index in [-0.39, 0.29) is 0 Å². The van der Waals surface area contributed by atoms with Gasteiger partial charge in [-0.1, -0.05) is 0 Å². The number of carbonyl (C=O) groups excluding carboxylic acids is 1. The van der Waals surface area contributed by atoms with E-state index >= 15 is 0 Å². The summed E-state index contributed by atoms with van der Waals surface area (Å²) in [6.07, 6.45) is 2.56. The minimum absolute atomic E-state index is 0.312. The third-order valence-electron chi connectivity index (χ3n) is 3.76. The second-order valence-corrected chi connectivity index (χ2v) is 6.63. The largest absolute Gasteiger partial charge is 0.491 e. The fraction of sp³-hybridized carbons (Fsp3) is 0.538. The Morgan fingerprint density at radius 3 is 2.45 bits per heavy atom. The van der Waals surface area contributed by atoms with Gasteiger partial charge in [0.2, 0.25) is 0 Å². The molecule has 5 nitrogen and oxygen atoms in total. The molecule has 1 fully saturated rings. The van der Waals surface area contributed by atoms with E-state index < -0.39 is 18.3 Å². The third kappa shape index (κ3) is 2.86. The number of nitrogens with two attached hydrogens (primary N) is 1. The van der Waals surface area contributed by atoms with Crippen molar-refractivity contribution in [1.29, 1.82) is 0 Å². The molecule has 0 spiro atoms. The summed E-state index contributed by atoms with van der Waals surface area (Å²) in [6.45, 7) is 8.29. The standard InChI is InChI=1S/C13H19BN2O3S/c1-12(2)13(3,4)19-14(18-12)9(6-15)5-11-16-10(7-17)8-20-11/h5,7-8H,6,15H2,1-4H3. The molecule has 0 amide bonds. The van der Waals surface area contributed by atoms with Crippen LogP contribution >= 0.6 is 11.3 Å². The summed E-state index contributed by atoms with van der Waals surface area (Å²) in [4.78, 5) is 14.8. The fourth-order valence-corrected chi connectivity index (χ4v) is 2.52. The number of aldehydes is 1. The molecule has 0 radical (unpaired) electrons. The highest BCUT2D eigenvalue weighted by molar-refractivity contribution is 7.10. The lowest BCUT2D eigenvalue weighted by Crippen LogP contribution is -2.41. The summed E-state index contributed by atoms with van der Waals surface area (Å²) in [5.41, 5.74) is 6.23. The maximum atomic E-state index is 10.7. The van der Waals surface area contributed by atoms with Gasteiger partial charge in [0.25, 0.3) is 0 Å². The Hall–Kier alpha value is -1.02. The molecule has 0 unspecified atom stereocenters. The van der Waals surface area contributed by atoms with Crippen molar-refractivity contribution >= 4 is 30.8 Å². The fourth-order valence-electron chi connectivity index (χ4n) is 1.80. The quantitative estimate of drug-likeness (QED) is 0.678. The van der Waals surface area contributed by atoms with Crippen LogP contribution < -0.4 is 5.73 Å². The molecule has 1 aromatic rings. The minimum atomic E-state index is -0.478. The summed E-state index contributed by atoms with van der Waals surface area (Å²) >= 11 is 1.39. The smallest absolute Gasteiger partial charge is 0.400 e. The van der Waals surface area contributed by atoms with Crippen LogP contribution in [0.3, 0.4) is 0 Å². The zero-order valence-corrected chi connectivity index (χ0v) is 13.0. The first-order valence-corrected chi connectivity index (χ1v) is 7.34. The molecule has 1 saturated heterocycles. The molecule has 20 heavy (non-hydrogen) atoms. The second kappa shape index (κ2) is 5.40. The molecule has 1 aliphatic rings. The van der Waals surface area contributed by atoms with Gasteiger partial charge in [-0.3, -0.25) is 4.79 Å². The third-order valence-corrected chi connectivity index (χ3v) is 4.57. The topological polar surface area (TPSA) is 74.4 Å². The van der Waals surface area contributed by atoms with Gasteiger partial charge in [-0.2, -0.15) is 0 Å². The van der Waals surface area contributed by atoms with Crippen LogP contribution in [0.4, 0.5) is 0 Å². The lowest BCUT2D eigenvalue weighted by atomic mass is 9.78. The van der Waals surface area contributed by atoms with Crippen molar-refractivity contribution in [2.24, 2.45) is 5.73 Å². The monoisotopic (exact) mass is 294 g/mol. The van der Waals surface area contributed by atoms with Crippen molar-refractivity contribution in [2.75, 3.05) is 6.54 Å². The number of thiazole rings is 1. The van der Waals surface area contributed by atoms with Gasteiger partial charge >= 0.3 is 7.12 Å². The predicted molar refractivity (Wildman–Crippen MR) is 80.6 cm³/mol. The zero-order valence-electron chi connectivity index (χ0n) is 12.2. The first-order chi connectivity index (χ1) is 9.29. The summed E-state index contributed by atoms with van der Waals surface area (Å²) < 4.78 is 11.9. The van der Waals surface area contributed by atoms with Crippen LogP contribution in [0.2, 0.25) is 0 Å². The number of rotatable bonds is 4. The van der Waals surface area contributed by atoms with Crippen molar-refractivity contribution in [3.05, 3.63) is 21.6 Å². The molecular formula is C13H19BN2O3S. The van der Waals surface area contributed by atoms with Gasteiger partial charge in [0.1, 0.15) is 10.7 Å². The van der Waals surface area contributed by atoms with E-state index in [0.29, 0.717) is 12.2 Å². The van der Waals surface area contributed by atoms with Gasteiger partial charge in [0.15, 0.2) is 6.29 Å². The van der Waals surface area contributed by atoms with E-state index in [0.717, 1.165) is 16.8 Å². The Labute approximate surface area is 123 Å². The number of nitrogens with zero attached hydrogens (tertiary/aromatic N) is 1. The Morgan fingerprint density at radius 1 is 1.40 bits per heavy atom. The molecule has 2 heterocycles. The van der Waals surface area contributed by atoms with Crippen LogP contribution in [0.25, 0.3) is 6.08 Å². The Bertz CT molecular complexity index is 523. The summed E-state index contributed by atoms with van der Waals surface area (Å²) in [5.74, 6) is 0. The van der Waals surface area contributed by atoms with Gasteiger partial charge < -0.3 is 15.0 Å². The average Bonchev–Trinajstić information content (AvgIpc) is 2.89. The number of hydrogen-bond donors (Lipinski definition) is 1. The van der Waals surface area contributed by atoms with Crippen LogP contribution in [0.1, 0.15) is 43.2 Å². The lowest BCUT2D eigenvalue weighted by molar-refractivity contribution is 0.00578. The van der Waals surface area contributed by atoms with Crippen LogP contribution in [0, 0.1) is 0 Å². The van der Waals surface area contributed by atoms with Crippen LogP contribution in [-0.2, 0) is 9.31 Å². The van der Waals surface area contributed by atoms with Gasteiger partial charge in [-0.15, -0.1) is 11.3 Å². The molecule has 0 saturated carbocycles. The normalized spacial score (nSPS) is 21.2. The molecule has 1 aromatic heterocycles. The maximum absolute atomic E-state index is 10.7. The molecular weight excluding hydrogens is 275 g/mol.